The van der Waals surface area contributed by atoms with E-state index in [1.165, 1.54) is 4.90 Å². The Bertz CT molecular complexity index is 835. The van der Waals surface area contributed by atoms with Crippen molar-refractivity contribution >= 4 is 17.8 Å². The molecule has 8 heteroatoms. The molecular formula is C25H38N2O6. The number of likely N-dealkylation sites (tertiary alicyclic amines) is 1. The summed E-state index contributed by atoms with van der Waals surface area (Å²) >= 11 is 0. The molecule has 1 N–H and O–H groups in total. The number of rotatable bonds is 9. The predicted molar refractivity (Wildman–Crippen MR) is 123 cm³/mol. The van der Waals surface area contributed by atoms with Crippen LogP contribution in [0.25, 0.3) is 0 Å². The molecule has 3 rings (SSSR count). The predicted octanol–water partition coefficient (Wildman–Crippen LogP) is 1.92. The second-order valence-electron chi connectivity index (χ2n) is 10.6. The summed E-state index contributed by atoms with van der Waals surface area (Å²) in [5, 5.41) is 9.72. The van der Waals surface area contributed by atoms with E-state index in [4.69, 9.17) is 9.47 Å². The number of β-amino-alcohol motifs (C(OH)–C–C–N with tert-alkyl or cyclic N) is 1. The molecule has 0 aromatic rings. The highest BCUT2D eigenvalue weighted by molar-refractivity contribution is 5.98. The van der Waals surface area contributed by atoms with E-state index in [0.29, 0.717) is 19.4 Å². The van der Waals surface area contributed by atoms with Crippen LogP contribution in [-0.4, -0.2) is 81.8 Å². The Morgan fingerprint density at radius 3 is 2.55 bits per heavy atom. The number of fused-ring (bicyclic) bond motifs is 1. The molecule has 33 heavy (non-hydrogen) atoms. The van der Waals surface area contributed by atoms with E-state index in [-0.39, 0.29) is 37.5 Å². The smallest absolute Gasteiger partial charge is 0.312 e. The van der Waals surface area contributed by atoms with E-state index < -0.39 is 40.6 Å². The van der Waals surface area contributed by atoms with Gasteiger partial charge >= 0.3 is 5.97 Å². The molecule has 3 aliphatic heterocycles. The van der Waals surface area contributed by atoms with Gasteiger partial charge in [0, 0.05) is 18.6 Å². The van der Waals surface area contributed by atoms with Gasteiger partial charge in [0.15, 0.2) is 0 Å². The molecule has 3 heterocycles. The van der Waals surface area contributed by atoms with Crippen LogP contribution in [0.3, 0.4) is 0 Å². The van der Waals surface area contributed by atoms with Crippen molar-refractivity contribution < 1.29 is 29.0 Å². The van der Waals surface area contributed by atoms with Crippen molar-refractivity contribution in [2.75, 3.05) is 26.3 Å². The highest BCUT2D eigenvalue weighted by atomic mass is 16.6. The molecule has 3 unspecified atom stereocenters. The van der Waals surface area contributed by atoms with E-state index in [1.807, 2.05) is 34.6 Å². The van der Waals surface area contributed by atoms with Gasteiger partial charge in [-0.2, -0.15) is 0 Å². The molecule has 184 valence electrons. The highest BCUT2D eigenvalue weighted by Gasteiger charge is 2.80. The number of aliphatic hydroxyl groups excluding tert-OH is 1. The van der Waals surface area contributed by atoms with Crippen molar-refractivity contribution in [1.29, 1.82) is 0 Å². The molecule has 0 aliphatic carbocycles. The third-order valence-corrected chi connectivity index (χ3v) is 7.60. The Hall–Kier alpha value is -2.19. The second kappa shape index (κ2) is 8.87. The number of hydrogen-bond donors (Lipinski definition) is 1. The summed E-state index contributed by atoms with van der Waals surface area (Å²) in [5.74, 6) is -2.80. The maximum absolute atomic E-state index is 14.0. The molecule has 0 saturated carbocycles. The summed E-state index contributed by atoms with van der Waals surface area (Å²) in [5.41, 5.74) is -2.59. The van der Waals surface area contributed by atoms with Gasteiger partial charge in [-0.15, -0.1) is 13.2 Å². The zero-order valence-electron chi connectivity index (χ0n) is 20.5. The molecule has 6 atom stereocenters. The van der Waals surface area contributed by atoms with Crippen molar-refractivity contribution in [3.8, 4) is 0 Å². The number of esters is 1. The second-order valence-corrected chi connectivity index (χ2v) is 10.6. The topological polar surface area (TPSA) is 96.4 Å². The first kappa shape index (κ1) is 25.4. The van der Waals surface area contributed by atoms with Gasteiger partial charge in [-0.25, -0.2) is 0 Å². The minimum absolute atomic E-state index is 0.00769. The van der Waals surface area contributed by atoms with E-state index in [0.717, 1.165) is 0 Å². The average Bonchev–Trinajstić information content (AvgIpc) is 3.23. The first-order valence-corrected chi connectivity index (χ1v) is 11.7. The lowest BCUT2D eigenvalue weighted by Gasteiger charge is -2.42. The fourth-order valence-electron chi connectivity index (χ4n) is 6.03. The SMILES string of the molecule is C=CCCOC(=O)[C@@H]1[C@H]2C(=O)N(CCO)C(C(=O)N(CC=C)C(C)(C)C)C23CC(C)[C@@]1(C)O3. The van der Waals surface area contributed by atoms with Gasteiger partial charge in [0.05, 0.1) is 24.7 Å². The van der Waals surface area contributed by atoms with Crippen molar-refractivity contribution in [2.24, 2.45) is 17.8 Å². The van der Waals surface area contributed by atoms with Crippen LogP contribution in [0, 0.1) is 17.8 Å². The monoisotopic (exact) mass is 462 g/mol. The number of nitrogens with zero attached hydrogens (tertiary/aromatic N) is 2. The lowest BCUT2D eigenvalue weighted by atomic mass is 9.62. The molecule has 2 bridgehead atoms. The number of amides is 2. The molecular weight excluding hydrogens is 424 g/mol. The maximum Gasteiger partial charge on any atom is 0.312 e. The van der Waals surface area contributed by atoms with Gasteiger partial charge in [-0.3, -0.25) is 14.4 Å². The quantitative estimate of drug-likeness (QED) is 0.320. The van der Waals surface area contributed by atoms with Crippen LogP contribution in [-0.2, 0) is 23.9 Å². The summed E-state index contributed by atoms with van der Waals surface area (Å²) in [6.07, 6.45) is 4.30. The molecule has 0 aromatic carbocycles. The minimum atomic E-state index is -1.15. The van der Waals surface area contributed by atoms with Gasteiger partial charge in [-0.05, 0) is 46.5 Å². The Labute approximate surface area is 196 Å². The lowest BCUT2D eigenvalue weighted by molar-refractivity contribution is -0.163. The number of ether oxygens (including phenoxy) is 2. The highest BCUT2D eigenvalue weighted by Crippen LogP contribution is 2.65. The largest absolute Gasteiger partial charge is 0.465 e. The zero-order chi connectivity index (χ0) is 24.8. The third kappa shape index (κ3) is 3.81. The van der Waals surface area contributed by atoms with Gasteiger partial charge in [0.1, 0.15) is 17.6 Å². The fraction of sp³-hybridized carbons (Fsp3) is 0.720. The molecule has 3 fully saturated rings. The molecule has 0 radical (unpaired) electrons. The van der Waals surface area contributed by atoms with E-state index in [2.05, 4.69) is 13.2 Å². The first-order valence-electron chi connectivity index (χ1n) is 11.7. The van der Waals surface area contributed by atoms with Crippen molar-refractivity contribution in [1.82, 2.24) is 9.80 Å². The average molecular weight is 463 g/mol. The molecule has 0 aromatic heterocycles. The first-order chi connectivity index (χ1) is 15.4. The summed E-state index contributed by atoms with van der Waals surface area (Å²) in [6, 6.07) is -0.934. The number of hydrogen-bond acceptors (Lipinski definition) is 6. The number of carbonyl (C=O) groups is 3. The summed E-state index contributed by atoms with van der Waals surface area (Å²) < 4.78 is 12.1. The summed E-state index contributed by atoms with van der Waals surface area (Å²) in [6.45, 7) is 17.2. The number of carbonyl (C=O) groups excluding carboxylic acids is 3. The Morgan fingerprint density at radius 1 is 1.33 bits per heavy atom. The van der Waals surface area contributed by atoms with Crippen molar-refractivity contribution in [3.05, 3.63) is 25.3 Å². The van der Waals surface area contributed by atoms with Crippen LogP contribution in [0.15, 0.2) is 25.3 Å². The Morgan fingerprint density at radius 2 is 2.00 bits per heavy atom. The fourth-order valence-corrected chi connectivity index (χ4v) is 6.03. The molecule has 8 nitrogen and oxygen atoms in total. The van der Waals surface area contributed by atoms with Crippen LogP contribution in [0.4, 0.5) is 0 Å². The lowest BCUT2D eigenvalue weighted by Crippen LogP contribution is -2.60. The standard InChI is InChI=1S/C25H38N2O6/c1-8-10-14-32-22(31)18-17-20(29)26(12-13-28)19(21(30)27(11-9-2)23(4,5)6)25(17)15-16(3)24(18,7)33-25/h8-9,16-19,28H,1-2,10-15H2,3-7H3/t16?,17-,18-,19?,24+,25?/m0/s1. The van der Waals surface area contributed by atoms with E-state index >= 15 is 0 Å². The normalized spacial score (nSPS) is 34.8. The molecule has 2 amide bonds. The molecule has 1 spiro atoms. The van der Waals surface area contributed by atoms with Gasteiger partial charge in [0.25, 0.3) is 0 Å². The summed E-state index contributed by atoms with van der Waals surface area (Å²) in [4.78, 5) is 44.1. The zero-order valence-corrected chi connectivity index (χ0v) is 20.5. The van der Waals surface area contributed by atoms with Gasteiger partial charge in [0.2, 0.25) is 11.8 Å². The van der Waals surface area contributed by atoms with Crippen LogP contribution >= 0.6 is 0 Å². The Kier molecular flexibility index (Phi) is 6.84. The van der Waals surface area contributed by atoms with Crippen LogP contribution < -0.4 is 0 Å². The van der Waals surface area contributed by atoms with Crippen molar-refractivity contribution in [3.63, 3.8) is 0 Å². The van der Waals surface area contributed by atoms with Crippen LogP contribution in [0.1, 0.15) is 47.5 Å². The molecule has 3 saturated heterocycles. The van der Waals surface area contributed by atoms with Gasteiger partial charge in [-0.1, -0.05) is 19.1 Å². The molecule has 3 aliphatic rings. The van der Waals surface area contributed by atoms with Crippen molar-refractivity contribution in [2.45, 2.75) is 70.2 Å². The third-order valence-electron chi connectivity index (χ3n) is 7.60. The number of aliphatic hydroxyl groups is 1. The van der Waals surface area contributed by atoms with E-state index in [1.54, 1.807) is 17.1 Å². The van der Waals surface area contributed by atoms with Gasteiger partial charge < -0.3 is 24.4 Å². The minimum Gasteiger partial charge on any atom is -0.465 e. The maximum atomic E-state index is 14.0. The van der Waals surface area contributed by atoms with Crippen LogP contribution in [0.2, 0.25) is 0 Å². The Balaban J connectivity index is 2.08. The van der Waals surface area contributed by atoms with E-state index in [9.17, 15) is 19.5 Å². The summed E-state index contributed by atoms with van der Waals surface area (Å²) in [7, 11) is 0. The van der Waals surface area contributed by atoms with Crippen LogP contribution in [0.5, 0.6) is 0 Å².